The van der Waals surface area contributed by atoms with Gasteiger partial charge in [-0.1, -0.05) is 94.3 Å². The van der Waals surface area contributed by atoms with Crippen LogP contribution < -0.4 is 15.4 Å². The Balaban J connectivity index is 0.000000245. The van der Waals surface area contributed by atoms with Crippen LogP contribution in [0.3, 0.4) is 0 Å². The molecule has 0 saturated carbocycles. The number of carboxylic acids is 2. The third kappa shape index (κ3) is 11.6. The molecular weight excluding hydrogens is 704 g/mol. The Morgan fingerprint density at radius 2 is 1.35 bits per heavy atom. The fourth-order valence-corrected chi connectivity index (χ4v) is 7.06. The van der Waals surface area contributed by atoms with Gasteiger partial charge in [-0.25, -0.2) is 24.0 Å². The Hall–Kier alpha value is -5.23. The molecule has 0 radical (unpaired) electrons. The number of carbonyl (C=O) groups is 5. The zero-order chi connectivity index (χ0) is 40.1. The summed E-state index contributed by atoms with van der Waals surface area (Å²) in [6.07, 6.45) is 5.52. The molecule has 0 aromatic heterocycles. The van der Waals surface area contributed by atoms with Gasteiger partial charge in [-0.3, -0.25) is 0 Å². The molecule has 1 saturated heterocycles. The Bertz CT molecular complexity index is 1720. The highest BCUT2D eigenvalue weighted by molar-refractivity contribution is 5.95. The van der Waals surface area contributed by atoms with E-state index in [0.29, 0.717) is 11.8 Å². The number of hydrogen-bond donors (Lipinski definition) is 4. The molecule has 1 aliphatic heterocycles. The minimum Gasteiger partial charge on any atom is -0.478 e. The van der Waals surface area contributed by atoms with E-state index in [0.717, 1.165) is 49.8 Å². The summed E-state index contributed by atoms with van der Waals surface area (Å²) in [5, 5.41) is 25.3. The molecule has 2 aliphatic rings. The second-order valence-corrected chi connectivity index (χ2v) is 14.6. The number of carbonyl (C=O) groups excluding carboxylic acids is 3. The van der Waals surface area contributed by atoms with Gasteiger partial charge in [0.2, 0.25) is 12.2 Å². The Morgan fingerprint density at radius 1 is 0.782 bits per heavy atom. The molecule has 296 valence electrons. The first-order valence-corrected chi connectivity index (χ1v) is 19.1. The molecule has 4 N–H and O–H groups in total. The molecule has 12 heteroatoms. The van der Waals surface area contributed by atoms with Gasteiger partial charge in [0.25, 0.3) is 0 Å². The summed E-state index contributed by atoms with van der Waals surface area (Å²) in [5.74, 6) is -4.95. The molecule has 1 fully saturated rings. The van der Waals surface area contributed by atoms with Crippen LogP contribution in [0.25, 0.3) is 0 Å². The van der Waals surface area contributed by atoms with Gasteiger partial charge >= 0.3 is 30.0 Å². The average Bonchev–Trinajstić information content (AvgIpc) is 3.65. The molecule has 1 amide bonds. The summed E-state index contributed by atoms with van der Waals surface area (Å²) < 4.78 is 15.3. The van der Waals surface area contributed by atoms with Crippen LogP contribution in [0.15, 0.2) is 66.7 Å². The van der Waals surface area contributed by atoms with Gasteiger partial charge in [-0.2, -0.15) is 0 Å². The predicted molar refractivity (Wildman–Crippen MR) is 207 cm³/mol. The molecule has 55 heavy (non-hydrogen) atoms. The Labute approximate surface area is 322 Å². The van der Waals surface area contributed by atoms with Gasteiger partial charge < -0.3 is 35.1 Å². The molecule has 1 heterocycles. The number of fused-ring (bicyclic) bond motifs is 3. The normalized spacial score (nSPS) is 18.3. The van der Waals surface area contributed by atoms with Crippen molar-refractivity contribution in [3.05, 3.63) is 100 Å². The maximum atomic E-state index is 12.4. The molecule has 0 bridgehead atoms. The van der Waals surface area contributed by atoms with E-state index < -0.39 is 36.1 Å². The molecule has 3 aromatic rings. The van der Waals surface area contributed by atoms with Gasteiger partial charge in [-0.05, 0) is 93.6 Å². The average molecular weight is 759 g/mol. The fourth-order valence-electron chi connectivity index (χ4n) is 7.06. The predicted octanol–water partition coefficient (Wildman–Crippen LogP) is 7.31. The highest BCUT2D eigenvalue weighted by Crippen LogP contribution is 2.45. The van der Waals surface area contributed by atoms with Crippen LogP contribution in [0.5, 0.6) is 5.75 Å². The maximum Gasteiger partial charge on any atom is 0.412 e. The summed E-state index contributed by atoms with van der Waals surface area (Å²) in [5.41, 5.74) is 4.71. The van der Waals surface area contributed by atoms with Crippen LogP contribution in [-0.4, -0.2) is 71.0 Å². The lowest BCUT2D eigenvalue weighted by molar-refractivity contribution is -0.166. The zero-order valence-corrected chi connectivity index (χ0v) is 32.4. The van der Waals surface area contributed by atoms with Gasteiger partial charge in [0, 0.05) is 17.5 Å². The summed E-state index contributed by atoms with van der Waals surface area (Å²) in [6.45, 7) is 11.4. The number of rotatable bonds is 16. The van der Waals surface area contributed by atoms with Gasteiger partial charge in [0.1, 0.15) is 5.75 Å². The number of nitrogens with one attached hydrogen (secondary N) is 2. The third-order valence-electron chi connectivity index (χ3n) is 10.3. The van der Waals surface area contributed by atoms with Crippen LogP contribution in [-0.2, 0) is 30.9 Å². The van der Waals surface area contributed by atoms with Crippen molar-refractivity contribution in [3.63, 3.8) is 0 Å². The number of ether oxygens (including phenoxy) is 3. The minimum atomic E-state index is -2.22. The van der Waals surface area contributed by atoms with Crippen LogP contribution in [0.1, 0.15) is 115 Å². The van der Waals surface area contributed by atoms with Crippen molar-refractivity contribution in [2.45, 2.75) is 122 Å². The lowest BCUT2D eigenvalue weighted by Crippen LogP contribution is -2.45. The number of unbranched alkanes of at least 4 members (excludes halogenated alkanes) is 3. The first-order valence-electron chi connectivity index (χ1n) is 19.1. The van der Waals surface area contributed by atoms with E-state index >= 15 is 0 Å². The van der Waals surface area contributed by atoms with Crippen LogP contribution in [0.2, 0.25) is 0 Å². The quantitative estimate of drug-likeness (QED) is 0.0851. The van der Waals surface area contributed by atoms with E-state index in [9.17, 15) is 34.2 Å². The van der Waals surface area contributed by atoms with E-state index in [1.807, 2.05) is 6.07 Å². The van der Waals surface area contributed by atoms with Crippen LogP contribution >= 0.6 is 0 Å². The largest absolute Gasteiger partial charge is 0.478 e. The SMILES string of the molecule is CCCCCCC(CCC)NC(=O)Oc1ccc2c(c1)[C@]1(C)CCN[C@@H]1C2.Cc1ccc(C(=O)O[C@@H](C(=O)O)[C@@H](OC(=O)c2ccc(C)cc2)C(=O)O)cc1. The fraction of sp³-hybridized carbons (Fsp3) is 0.465. The zero-order valence-electron chi connectivity index (χ0n) is 32.4. The Morgan fingerprint density at radius 3 is 1.85 bits per heavy atom. The number of aryl methyl sites for hydroxylation is 2. The van der Waals surface area contributed by atoms with E-state index in [-0.39, 0.29) is 28.7 Å². The van der Waals surface area contributed by atoms with Crippen molar-refractivity contribution >= 4 is 30.0 Å². The van der Waals surface area contributed by atoms with Crippen molar-refractivity contribution in [3.8, 4) is 5.75 Å². The minimum absolute atomic E-state index is 0.0332. The summed E-state index contributed by atoms with van der Waals surface area (Å²) in [6, 6.07) is 19.0. The first-order chi connectivity index (χ1) is 26.2. The summed E-state index contributed by atoms with van der Waals surface area (Å²) >= 11 is 0. The lowest BCUT2D eigenvalue weighted by Gasteiger charge is -2.25. The molecule has 0 spiro atoms. The summed E-state index contributed by atoms with van der Waals surface area (Å²) in [7, 11) is 0. The van der Waals surface area contributed by atoms with Gasteiger partial charge in [0.15, 0.2) is 0 Å². The standard InChI is InChI=1S/C23H36N2O2.C20H18O8/c1-4-6-7-8-10-18(9-5-2)25-22(26)27-19-12-11-17-15-21-23(3,13-14-24-21)20(17)16-19;1-11-3-7-13(8-4-11)19(25)27-15(17(21)22)16(18(23)24)28-20(26)14-9-5-12(2)6-10-14/h11-12,16,18,21,24H,4-10,13-15H2,1-3H3,(H,25,26);3-10,15-16H,1-2H3,(H,21,22)(H,23,24)/t18?,21-,23+;15-,16-/m11/s1. The van der Waals surface area contributed by atoms with Gasteiger partial charge in [-0.15, -0.1) is 0 Å². The second-order valence-electron chi connectivity index (χ2n) is 14.6. The molecule has 1 unspecified atom stereocenters. The van der Waals surface area contributed by atoms with Crippen molar-refractivity contribution < 1.29 is 48.4 Å². The second kappa shape index (κ2) is 19.9. The van der Waals surface area contributed by atoms with Crippen LogP contribution in [0.4, 0.5) is 4.79 Å². The summed E-state index contributed by atoms with van der Waals surface area (Å²) in [4.78, 5) is 59.8. The molecule has 1 aliphatic carbocycles. The molecular formula is C43H54N2O10. The number of aliphatic carboxylic acids is 2. The van der Waals surface area contributed by atoms with E-state index in [2.05, 4.69) is 43.5 Å². The number of benzene rings is 3. The molecule has 5 rings (SSSR count). The lowest BCUT2D eigenvalue weighted by atomic mass is 9.81. The van der Waals surface area contributed by atoms with Gasteiger partial charge in [0.05, 0.1) is 11.1 Å². The number of carboxylic acid groups (broad SMARTS) is 2. The van der Waals surface area contributed by atoms with E-state index in [4.69, 9.17) is 14.2 Å². The maximum absolute atomic E-state index is 12.4. The third-order valence-corrected chi connectivity index (χ3v) is 10.3. The molecule has 3 aromatic carbocycles. The van der Waals surface area contributed by atoms with Crippen molar-refractivity contribution in [2.24, 2.45) is 0 Å². The van der Waals surface area contributed by atoms with E-state index in [1.165, 1.54) is 61.1 Å². The topological polar surface area (TPSA) is 178 Å². The molecule has 12 nitrogen and oxygen atoms in total. The first kappa shape index (κ1) is 42.5. The van der Waals surface area contributed by atoms with E-state index in [1.54, 1.807) is 38.1 Å². The number of amides is 1. The molecule has 5 atom stereocenters. The highest BCUT2D eigenvalue weighted by Gasteiger charge is 2.46. The smallest absolute Gasteiger partial charge is 0.412 e. The van der Waals surface area contributed by atoms with Crippen LogP contribution in [0, 0.1) is 13.8 Å². The van der Waals surface area contributed by atoms with Crippen molar-refractivity contribution in [1.82, 2.24) is 10.6 Å². The Kier molecular flexibility index (Phi) is 15.4. The number of esters is 2. The highest BCUT2D eigenvalue weighted by atomic mass is 16.6. The monoisotopic (exact) mass is 758 g/mol. The van der Waals surface area contributed by atoms with Crippen molar-refractivity contribution in [1.29, 1.82) is 0 Å². The van der Waals surface area contributed by atoms with Crippen molar-refractivity contribution in [2.75, 3.05) is 6.54 Å². The number of hydrogen-bond acceptors (Lipinski definition) is 9.